The Morgan fingerprint density at radius 2 is 1.85 bits per heavy atom. The summed E-state index contributed by atoms with van der Waals surface area (Å²) < 4.78 is 0. The van der Waals surface area contributed by atoms with Crippen LogP contribution in [0.25, 0.3) is 0 Å². The molecule has 1 amide bonds. The SMILES string of the molecule is N#CC1C(=O)NC(Nc2ccc(Cl)cc2)=NC1c1ccc([N+](=O)[O-])cc1. The third-order valence-corrected chi connectivity index (χ3v) is 4.05. The van der Waals surface area contributed by atoms with Gasteiger partial charge in [0.15, 0.2) is 5.92 Å². The first-order chi connectivity index (χ1) is 12.5. The minimum atomic E-state index is -1.03. The number of benzene rings is 2. The molecular weight excluding hydrogens is 358 g/mol. The van der Waals surface area contributed by atoms with Gasteiger partial charge in [0.05, 0.1) is 11.0 Å². The van der Waals surface area contributed by atoms with Crippen molar-refractivity contribution >= 4 is 34.8 Å². The van der Waals surface area contributed by atoms with Gasteiger partial charge < -0.3 is 5.32 Å². The minimum absolute atomic E-state index is 0.0778. The topological polar surface area (TPSA) is 120 Å². The first kappa shape index (κ1) is 17.4. The van der Waals surface area contributed by atoms with Crippen LogP contribution in [-0.4, -0.2) is 16.8 Å². The lowest BCUT2D eigenvalue weighted by Crippen LogP contribution is -2.45. The molecule has 0 aliphatic carbocycles. The van der Waals surface area contributed by atoms with Gasteiger partial charge in [0.1, 0.15) is 6.04 Å². The standard InChI is InChI=1S/C17H12ClN5O3/c18-11-3-5-12(6-4-11)20-17-21-15(14(9-19)16(24)22-17)10-1-7-13(8-2-10)23(25)26/h1-8,14-15H,(H2,20,21,22,24). The third kappa shape index (κ3) is 3.63. The summed E-state index contributed by atoms with van der Waals surface area (Å²) in [6.45, 7) is 0. The molecule has 9 heteroatoms. The van der Waals surface area contributed by atoms with Crippen molar-refractivity contribution in [3.05, 3.63) is 69.2 Å². The molecule has 0 saturated heterocycles. The van der Waals surface area contributed by atoms with Gasteiger partial charge in [-0.25, -0.2) is 4.99 Å². The number of nitro benzene ring substituents is 1. The van der Waals surface area contributed by atoms with Gasteiger partial charge >= 0.3 is 0 Å². The number of anilines is 1. The van der Waals surface area contributed by atoms with Crippen LogP contribution in [0.1, 0.15) is 11.6 Å². The summed E-state index contributed by atoms with van der Waals surface area (Å²) in [5.41, 5.74) is 1.12. The normalized spacial score (nSPS) is 19.1. The molecule has 8 nitrogen and oxygen atoms in total. The summed E-state index contributed by atoms with van der Waals surface area (Å²) in [6.07, 6.45) is 0. The van der Waals surface area contributed by atoms with E-state index in [0.717, 1.165) is 0 Å². The van der Waals surface area contributed by atoms with Gasteiger partial charge in [0.25, 0.3) is 5.69 Å². The van der Waals surface area contributed by atoms with Crippen molar-refractivity contribution in [2.24, 2.45) is 10.9 Å². The molecule has 0 spiro atoms. The van der Waals surface area contributed by atoms with E-state index in [-0.39, 0.29) is 11.6 Å². The lowest BCUT2D eigenvalue weighted by molar-refractivity contribution is -0.384. The Labute approximate surface area is 153 Å². The van der Waals surface area contributed by atoms with Crippen LogP contribution in [0.15, 0.2) is 53.5 Å². The van der Waals surface area contributed by atoms with E-state index < -0.39 is 22.8 Å². The lowest BCUT2D eigenvalue weighted by atomic mass is 9.92. The zero-order valence-corrected chi connectivity index (χ0v) is 14.0. The number of aliphatic imine (C=N–C) groups is 1. The van der Waals surface area contributed by atoms with Crippen molar-refractivity contribution in [2.75, 3.05) is 5.32 Å². The van der Waals surface area contributed by atoms with E-state index in [1.165, 1.54) is 24.3 Å². The van der Waals surface area contributed by atoms with E-state index in [2.05, 4.69) is 15.6 Å². The molecule has 0 saturated carbocycles. The second kappa shape index (κ2) is 7.21. The number of hydrogen-bond donors (Lipinski definition) is 2. The number of carbonyl (C=O) groups is 1. The fraction of sp³-hybridized carbons (Fsp3) is 0.118. The highest BCUT2D eigenvalue weighted by Crippen LogP contribution is 2.30. The fourth-order valence-electron chi connectivity index (χ4n) is 2.51. The number of non-ortho nitro benzene ring substituents is 1. The van der Waals surface area contributed by atoms with Crippen molar-refractivity contribution in [3.8, 4) is 6.07 Å². The van der Waals surface area contributed by atoms with E-state index in [1.54, 1.807) is 24.3 Å². The molecule has 130 valence electrons. The molecule has 2 unspecified atom stereocenters. The molecule has 2 aromatic rings. The maximum atomic E-state index is 12.3. The quantitative estimate of drug-likeness (QED) is 0.636. The number of amides is 1. The zero-order chi connectivity index (χ0) is 18.7. The zero-order valence-electron chi connectivity index (χ0n) is 13.2. The maximum Gasteiger partial charge on any atom is 0.269 e. The molecule has 2 aromatic carbocycles. The Morgan fingerprint density at radius 1 is 1.19 bits per heavy atom. The molecule has 0 fully saturated rings. The van der Waals surface area contributed by atoms with Gasteiger partial charge in [-0.05, 0) is 42.0 Å². The molecule has 2 atom stereocenters. The summed E-state index contributed by atoms with van der Waals surface area (Å²) in [7, 11) is 0. The van der Waals surface area contributed by atoms with Crippen LogP contribution in [0.5, 0.6) is 0 Å². The highest BCUT2D eigenvalue weighted by molar-refractivity contribution is 6.30. The second-order valence-electron chi connectivity index (χ2n) is 5.50. The first-order valence-corrected chi connectivity index (χ1v) is 7.91. The molecule has 1 aliphatic heterocycles. The second-order valence-corrected chi connectivity index (χ2v) is 5.94. The van der Waals surface area contributed by atoms with Crippen molar-refractivity contribution in [3.63, 3.8) is 0 Å². The predicted molar refractivity (Wildman–Crippen MR) is 95.6 cm³/mol. The number of nitriles is 1. The summed E-state index contributed by atoms with van der Waals surface area (Å²) in [4.78, 5) is 26.9. The Balaban J connectivity index is 1.91. The summed E-state index contributed by atoms with van der Waals surface area (Å²) in [6, 6.07) is 13.6. The van der Waals surface area contributed by atoms with E-state index >= 15 is 0 Å². The number of nitrogens with zero attached hydrogens (tertiary/aromatic N) is 3. The monoisotopic (exact) mass is 369 g/mol. The van der Waals surface area contributed by atoms with Crippen molar-refractivity contribution < 1.29 is 9.72 Å². The number of halogens is 1. The van der Waals surface area contributed by atoms with Gasteiger partial charge in [-0.15, -0.1) is 0 Å². The average Bonchev–Trinajstić information content (AvgIpc) is 2.63. The van der Waals surface area contributed by atoms with Crippen LogP contribution in [-0.2, 0) is 4.79 Å². The van der Waals surface area contributed by atoms with Crippen molar-refractivity contribution in [1.82, 2.24) is 5.32 Å². The van der Waals surface area contributed by atoms with Crippen molar-refractivity contribution in [2.45, 2.75) is 6.04 Å². The van der Waals surface area contributed by atoms with Crippen LogP contribution < -0.4 is 10.6 Å². The average molecular weight is 370 g/mol. The van der Waals surface area contributed by atoms with Crippen LogP contribution in [0.3, 0.4) is 0 Å². The Bertz CT molecular complexity index is 919. The van der Waals surface area contributed by atoms with Crippen molar-refractivity contribution in [1.29, 1.82) is 5.26 Å². The molecule has 0 radical (unpaired) electrons. The van der Waals surface area contributed by atoms with Gasteiger partial charge in [-0.2, -0.15) is 5.26 Å². The van der Waals surface area contributed by atoms with Crippen LogP contribution in [0, 0.1) is 27.4 Å². The Morgan fingerprint density at radius 3 is 2.42 bits per heavy atom. The first-order valence-electron chi connectivity index (χ1n) is 7.53. The summed E-state index contributed by atoms with van der Waals surface area (Å²) in [5, 5.41) is 26.2. The molecule has 26 heavy (non-hydrogen) atoms. The van der Waals surface area contributed by atoms with E-state index in [1.807, 2.05) is 6.07 Å². The highest BCUT2D eigenvalue weighted by atomic mass is 35.5. The van der Waals surface area contributed by atoms with Gasteiger partial charge in [-0.1, -0.05) is 11.6 Å². The van der Waals surface area contributed by atoms with Crippen LogP contribution in [0.4, 0.5) is 11.4 Å². The van der Waals surface area contributed by atoms with Gasteiger partial charge in [0.2, 0.25) is 11.9 Å². The Kier molecular flexibility index (Phi) is 4.82. The fourth-order valence-corrected chi connectivity index (χ4v) is 2.63. The molecule has 2 N–H and O–H groups in total. The number of rotatable bonds is 3. The molecule has 0 bridgehead atoms. The van der Waals surface area contributed by atoms with Crippen LogP contribution >= 0.6 is 11.6 Å². The number of guanidine groups is 1. The summed E-state index contributed by atoms with van der Waals surface area (Å²) >= 11 is 5.84. The number of hydrogen-bond acceptors (Lipinski definition) is 6. The van der Waals surface area contributed by atoms with Gasteiger partial charge in [0, 0.05) is 22.8 Å². The number of nitro groups is 1. The molecule has 1 aliphatic rings. The summed E-state index contributed by atoms with van der Waals surface area (Å²) in [5.74, 6) is -1.35. The van der Waals surface area contributed by atoms with Crippen LogP contribution in [0.2, 0.25) is 5.02 Å². The molecule has 1 heterocycles. The van der Waals surface area contributed by atoms with E-state index in [0.29, 0.717) is 16.3 Å². The molecule has 3 rings (SSSR count). The third-order valence-electron chi connectivity index (χ3n) is 3.80. The molecular formula is C17H12ClN5O3. The lowest BCUT2D eigenvalue weighted by Gasteiger charge is -2.25. The smallest absolute Gasteiger partial charge is 0.269 e. The van der Waals surface area contributed by atoms with E-state index in [9.17, 15) is 20.2 Å². The maximum absolute atomic E-state index is 12.3. The van der Waals surface area contributed by atoms with E-state index in [4.69, 9.17) is 11.6 Å². The molecule has 0 aromatic heterocycles. The Hall–Kier alpha value is -3.44. The highest BCUT2D eigenvalue weighted by Gasteiger charge is 2.34. The van der Waals surface area contributed by atoms with Gasteiger partial charge in [-0.3, -0.25) is 20.2 Å². The number of carbonyl (C=O) groups excluding carboxylic acids is 1. The number of nitrogens with one attached hydrogen (secondary N) is 2. The predicted octanol–water partition coefficient (Wildman–Crippen LogP) is 3.03. The largest absolute Gasteiger partial charge is 0.326 e. The minimum Gasteiger partial charge on any atom is -0.326 e.